The molecule has 10 fully saturated rings. The van der Waals surface area contributed by atoms with Gasteiger partial charge in [0.2, 0.25) is 0 Å². The second-order valence-electron chi connectivity index (χ2n) is 26.8. The summed E-state index contributed by atoms with van der Waals surface area (Å²) in [5, 5.41) is 170. The van der Waals surface area contributed by atoms with E-state index in [1.54, 1.807) is 7.11 Å². The van der Waals surface area contributed by atoms with Gasteiger partial charge in [-0.2, -0.15) is 0 Å². The summed E-state index contributed by atoms with van der Waals surface area (Å²) in [7, 11) is 1.71. The van der Waals surface area contributed by atoms with Crippen molar-refractivity contribution in [1.82, 2.24) is 0 Å². The number of aliphatic hydroxyl groups is 16. The highest BCUT2D eigenvalue weighted by atomic mass is 16.8. The summed E-state index contributed by atoms with van der Waals surface area (Å²) in [6.07, 6.45) is -32.1. The third kappa shape index (κ3) is 12.3. The molecule has 0 aromatic rings. The minimum absolute atomic E-state index is 0.00540. The third-order valence-electron chi connectivity index (χ3n) is 22.1. The van der Waals surface area contributed by atoms with E-state index in [1.807, 2.05) is 6.92 Å². The normalized spacial score (nSPS) is 54.9. The van der Waals surface area contributed by atoms with Crippen LogP contribution < -0.4 is 0 Å². The predicted octanol–water partition coefficient (Wildman–Crippen LogP) is -4.84. The molecule has 4 aliphatic carbocycles. The number of rotatable bonds is 19. The lowest BCUT2D eigenvalue weighted by Crippen LogP contribution is -2.68. The van der Waals surface area contributed by atoms with Gasteiger partial charge in [0.1, 0.15) is 116 Å². The summed E-state index contributed by atoms with van der Waals surface area (Å²) >= 11 is 0. The van der Waals surface area contributed by atoms with E-state index in [1.165, 1.54) is 0 Å². The first-order chi connectivity index (χ1) is 40.4. The first kappa shape index (κ1) is 66.8. The number of aliphatic hydroxyl groups excluding tert-OH is 16. The Hall–Kier alpha value is -1.12. The average Bonchev–Trinajstić information content (AvgIpc) is 1.60. The Morgan fingerprint density at radius 3 is 1.73 bits per heavy atom. The maximum Gasteiger partial charge on any atom is 0.187 e. The molecule has 6 heterocycles. The summed E-state index contributed by atoms with van der Waals surface area (Å²) in [5.74, 6) is 1.23. The van der Waals surface area contributed by atoms with Crippen LogP contribution in [-0.4, -0.2) is 294 Å². The number of hydrogen-bond acceptors (Lipinski definition) is 28. The Labute approximate surface area is 493 Å². The van der Waals surface area contributed by atoms with E-state index in [9.17, 15) is 81.7 Å². The second kappa shape index (κ2) is 26.8. The molecule has 6 saturated heterocycles. The first-order valence-electron chi connectivity index (χ1n) is 30.7. The van der Waals surface area contributed by atoms with Crippen LogP contribution in [0.15, 0.2) is 0 Å². The van der Waals surface area contributed by atoms with Crippen LogP contribution >= 0.6 is 0 Å². The first-order valence-corrected chi connectivity index (χ1v) is 30.7. The molecule has 0 aromatic heterocycles. The monoisotopic (exact) mass is 1230 g/mol. The maximum atomic E-state index is 11.9. The molecule has 85 heavy (non-hydrogen) atoms. The van der Waals surface area contributed by atoms with Crippen LogP contribution in [-0.2, 0) is 56.8 Å². The zero-order valence-electron chi connectivity index (χ0n) is 48.9. The minimum atomic E-state index is -2.02. The van der Waals surface area contributed by atoms with Crippen molar-refractivity contribution in [1.29, 1.82) is 0 Å². The molecule has 10 aliphatic rings. The van der Waals surface area contributed by atoms with E-state index in [-0.39, 0.29) is 47.2 Å². The lowest BCUT2D eigenvalue weighted by Gasteiger charge is -2.61. The SMILES string of the molecule is CO[C@]1(CCC(C)CO[C@@H]2O[C@H](CO)[C@@H](O)[C@H](O)[C@H]2O)O[C@H]2C[C@H]3[C@@H]4CCC5C[C@@H](O[C@@H]6O[C@H](CO)[C@@H](O[C@@H]7O[C@H](CO)[C@@H](O)[C@H](O[C@@H]8OC[C@@H](O)[C@H](O)[C@H]8O)[C@H]7O[C@@H]7O[C@H](CO)[C@@H](O)[C@H](O)[C@H]7O)[C@H](O)[C@H]6O)CC[C@]5(C)[C@H]4CC[C@]3(C)[C@H]2[C@@H]1C. The highest BCUT2D eigenvalue weighted by Crippen LogP contribution is 2.71. The fraction of sp³-hybridized carbons (Fsp3) is 1.00. The van der Waals surface area contributed by atoms with Gasteiger partial charge in [-0.3, -0.25) is 0 Å². The van der Waals surface area contributed by atoms with Crippen molar-refractivity contribution in [2.45, 2.75) is 257 Å². The molecule has 0 bridgehead atoms. The average molecular weight is 1230 g/mol. The molecule has 10 rings (SSSR count). The maximum absolute atomic E-state index is 11.9. The number of ether oxygens (including phenoxy) is 12. The predicted molar refractivity (Wildman–Crippen MR) is 283 cm³/mol. The summed E-state index contributed by atoms with van der Waals surface area (Å²) in [6.45, 7) is 5.72. The van der Waals surface area contributed by atoms with Crippen LogP contribution in [0.1, 0.15) is 91.9 Å². The molecule has 2 unspecified atom stereocenters. The summed E-state index contributed by atoms with van der Waals surface area (Å²) < 4.78 is 72.8. The smallest absolute Gasteiger partial charge is 0.187 e. The largest absolute Gasteiger partial charge is 0.394 e. The Bertz CT molecular complexity index is 2150. The molecule has 0 spiro atoms. The van der Waals surface area contributed by atoms with Gasteiger partial charge in [-0.05, 0) is 104 Å². The Morgan fingerprint density at radius 2 is 1.07 bits per heavy atom. The van der Waals surface area contributed by atoms with Crippen molar-refractivity contribution in [3.63, 3.8) is 0 Å². The van der Waals surface area contributed by atoms with Gasteiger partial charge in [-0.15, -0.1) is 0 Å². The van der Waals surface area contributed by atoms with Crippen LogP contribution in [0.2, 0.25) is 0 Å². The quantitative estimate of drug-likeness (QED) is 0.0540. The molecule has 16 N–H and O–H groups in total. The van der Waals surface area contributed by atoms with E-state index in [4.69, 9.17) is 56.8 Å². The van der Waals surface area contributed by atoms with Gasteiger partial charge < -0.3 is 139 Å². The van der Waals surface area contributed by atoms with Gasteiger partial charge in [0.25, 0.3) is 0 Å². The molecule has 28 heteroatoms. The fourth-order valence-corrected chi connectivity index (χ4v) is 17.2. The van der Waals surface area contributed by atoms with Crippen molar-refractivity contribution < 1.29 is 139 Å². The van der Waals surface area contributed by atoms with Crippen LogP contribution in [0.4, 0.5) is 0 Å². The highest BCUT2D eigenvalue weighted by Gasteiger charge is 2.69. The minimum Gasteiger partial charge on any atom is -0.394 e. The number of fused-ring (bicyclic) bond motifs is 7. The molecule has 492 valence electrons. The van der Waals surface area contributed by atoms with Crippen molar-refractivity contribution in [2.75, 3.05) is 46.8 Å². The summed E-state index contributed by atoms with van der Waals surface area (Å²) in [4.78, 5) is 0. The van der Waals surface area contributed by atoms with Gasteiger partial charge in [0, 0.05) is 19.4 Å². The highest BCUT2D eigenvalue weighted by molar-refractivity contribution is 5.15. The molecule has 4 saturated carbocycles. The van der Waals surface area contributed by atoms with E-state index in [0.717, 1.165) is 38.5 Å². The zero-order valence-corrected chi connectivity index (χ0v) is 48.9. The van der Waals surface area contributed by atoms with Crippen LogP contribution in [0.3, 0.4) is 0 Å². The Kier molecular flexibility index (Phi) is 21.1. The lowest BCUT2D eigenvalue weighted by atomic mass is 9.44. The van der Waals surface area contributed by atoms with Gasteiger partial charge in [-0.25, -0.2) is 0 Å². The van der Waals surface area contributed by atoms with Gasteiger partial charge in [0.05, 0.1) is 51.8 Å². The van der Waals surface area contributed by atoms with Crippen molar-refractivity contribution in [3.05, 3.63) is 0 Å². The van der Waals surface area contributed by atoms with Crippen molar-refractivity contribution >= 4 is 0 Å². The fourth-order valence-electron chi connectivity index (χ4n) is 17.2. The Morgan fingerprint density at radius 1 is 0.518 bits per heavy atom. The molecule has 0 radical (unpaired) electrons. The molecule has 0 amide bonds. The topological polar surface area (TPSA) is 434 Å². The molecule has 0 aromatic carbocycles. The van der Waals surface area contributed by atoms with Gasteiger partial charge in [0.15, 0.2) is 37.2 Å². The molecule has 36 atom stereocenters. The van der Waals surface area contributed by atoms with Crippen LogP contribution in [0.5, 0.6) is 0 Å². The Balaban J connectivity index is 0.764. The van der Waals surface area contributed by atoms with E-state index in [2.05, 4.69) is 20.8 Å². The molecular formula is C57H96O28. The molecule has 28 nitrogen and oxygen atoms in total. The summed E-state index contributed by atoms with van der Waals surface area (Å²) in [5.41, 5.74) is 0.0173. The lowest BCUT2D eigenvalue weighted by molar-refractivity contribution is -0.404. The van der Waals surface area contributed by atoms with Crippen molar-refractivity contribution in [2.24, 2.45) is 52.3 Å². The third-order valence-corrected chi connectivity index (χ3v) is 22.1. The molecular weight excluding hydrogens is 1130 g/mol. The van der Waals surface area contributed by atoms with E-state index in [0.29, 0.717) is 43.4 Å². The van der Waals surface area contributed by atoms with Crippen LogP contribution in [0, 0.1) is 52.3 Å². The van der Waals surface area contributed by atoms with E-state index < -0.39 is 192 Å². The van der Waals surface area contributed by atoms with Gasteiger partial charge >= 0.3 is 0 Å². The van der Waals surface area contributed by atoms with Gasteiger partial charge in [-0.1, -0.05) is 27.7 Å². The van der Waals surface area contributed by atoms with Crippen LogP contribution in [0.25, 0.3) is 0 Å². The number of methoxy groups -OCH3 is 1. The summed E-state index contributed by atoms with van der Waals surface area (Å²) in [6, 6.07) is 0. The van der Waals surface area contributed by atoms with E-state index >= 15 is 0 Å². The molecule has 6 aliphatic heterocycles. The number of hydrogen-bond donors (Lipinski definition) is 16. The van der Waals surface area contributed by atoms with Crippen molar-refractivity contribution in [3.8, 4) is 0 Å². The standard InChI is InChI=1S/C57H96O28/c1-22(20-75-50-44(71)40(67)37(64)31(16-58)78-50)8-13-57(74-5)23(2)35-30(85-57)15-28-26-7-6-24-14-25(9-11-55(24,3)27(26)10-12-56(28,35)4)77-52-46(73)42(69)47(34(19-61)81-52)82-54-49(84-53-45(72)41(68)38(65)32(17-59)79-53)48(39(66)33(18-60)80-54)83-51-43(70)36(63)29(62)21-76-51/h22-54,58-73H,6-21H2,1-5H3/t22?,23-,24?,25-,26+,27-,28-,29+,30-,31+,32+,33+,34+,35-,36-,37+,38+,39+,40-,41-,42+,43+,44+,45+,46+,47+,48-,49+,50+,51-,52+,53-,54-,55-,56-,57+/m0/s1. The zero-order chi connectivity index (χ0) is 61.4. The second-order valence-corrected chi connectivity index (χ2v) is 26.8.